The molecule has 3 aromatic heterocycles. The SMILES string of the molecule is C=C(c1ccc(C#N)nc1)c1n[nH]c2nc(N3CCC4(CC3)Cc3ccccc3[C@H]4N)[nH]c(=O)c12. The molecule has 2 aliphatic rings. The first-order chi connectivity index (χ1) is 17.0. The fourth-order valence-electron chi connectivity index (χ4n) is 5.54. The normalized spacial score (nSPS) is 18.5. The van der Waals surface area contributed by atoms with Crippen molar-refractivity contribution in [3.8, 4) is 6.07 Å². The van der Waals surface area contributed by atoms with Gasteiger partial charge >= 0.3 is 0 Å². The number of hydrogen-bond acceptors (Lipinski definition) is 7. The fourth-order valence-corrected chi connectivity index (χ4v) is 5.54. The topological polar surface area (TPSA) is 140 Å². The van der Waals surface area contributed by atoms with Gasteiger partial charge in [0.15, 0.2) is 5.65 Å². The summed E-state index contributed by atoms with van der Waals surface area (Å²) in [6.07, 6.45) is 4.41. The number of pyridine rings is 1. The molecule has 1 atom stereocenters. The van der Waals surface area contributed by atoms with Gasteiger partial charge in [0, 0.05) is 36.5 Å². The summed E-state index contributed by atoms with van der Waals surface area (Å²) in [6.45, 7) is 5.61. The van der Waals surface area contributed by atoms with Gasteiger partial charge in [-0.15, -0.1) is 0 Å². The first-order valence-corrected chi connectivity index (χ1v) is 11.6. The Kier molecular flexibility index (Phi) is 4.79. The number of piperidine rings is 1. The highest BCUT2D eigenvalue weighted by atomic mass is 16.1. The number of rotatable bonds is 3. The third-order valence-electron chi connectivity index (χ3n) is 7.58. The molecule has 9 heteroatoms. The number of hydrogen-bond donors (Lipinski definition) is 3. The van der Waals surface area contributed by atoms with Crippen LogP contribution in [0.1, 0.15) is 47.0 Å². The van der Waals surface area contributed by atoms with Crippen molar-refractivity contribution in [1.82, 2.24) is 25.1 Å². The predicted octanol–water partition coefficient (Wildman–Crippen LogP) is 2.82. The molecule has 174 valence electrons. The van der Waals surface area contributed by atoms with E-state index in [1.54, 1.807) is 18.3 Å². The van der Waals surface area contributed by atoms with E-state index >= 15 is 0 Å². The van der Waals surface area contributed by atoms with Crippen LogP contribution in [0.2, 0.25) is 0 Å². The molecule has 1 aliphatic heterocycles. The summed E-state index contributed by atoms with van der Waals surface area (Å²) in [6, 6.07) is 13.8. The number of nitrogens with zero attached hydrogens (tertiary/aromatic N) is 5. The first kappa shape index (κ1) is 21.3. The van der Waals surface area contributed by atoms with Gasteiger partial charge in [-0.1, -0.05) is 30.8 Å². The number of anilines is 1. The van der Waals surface area contributed by atoms with E-state index in [1.165, 1.54) is 11.1 Å². The zero-order valence-electron chi connectivity index (χ0n) is 19.1. The maximum absolute atomic E-state index is 13.1. The minimum Gasteiger partial charge on any atom is -0.342 e. The van der Waals surface area contributed by atoms with Crippen LogP contribution >= 0.6 is 0 Å². The second-order valence-electron chi connectivity index (χ2n) is 9.41. The molecule has 35 heavy (non-hydrogen) atoms. The number of nitrogens with two attached hydrogens (primary N) is 1. The summed E-state index contributed by atoms with van der Waals surface area (Å²) < 4.78 is 0. The smallest absolute Gasteiger partial charge is 0.264 e. The zero-order valence-corrected chi connectivity index (χ0v) is 19.1. The molecule has 1 aromatic carbocycles. The predicted molar refractivity (Wildman–Crippen MR) is 133 cm³/mol. The Labute approximate surface area is 201 Å². The molecule has 0 amide bonds. The van der Waals surface area contributed by atoms with Crippen LogP contribution in [-0.2, 0) is 6.42 Å². The molecule has 9 nitrogen and oxygen atoms in total. The lowest BCUT2D eigenvalue weighted by Gasteiger charge is -2.42. The lowest BCUT2D eigenvalue weighted by Crippen LogP contribution is -2.45. The van der Waals surface area contributed by atoms with Crippen LogP contribution in [0.15, 0.2) is 54.0 Å². The highest BCUT2D eigenvalue weighted by Gasteiger charge is 2.46. The number of aromatic amines is 2. The molecule has 1 saturated heterocycles. The molecule has 1 fully saturated rings. The van der Waals surface area contributed by atoms with Gasteiger partial charge in [-0.2, -0.15) is 15.3 Å². The van der Waals surface area contributed by atoms with Crippen molar-refractivity contribution in [2.75, 3.05) is 18.0 Å². The molecule has 1 spiro atoms. The third-order valence-corrected chi connectivity index (χ3v) is 7.58. The lowest BCUT2D eigenvalue weighted by molar-refractivity contribution is 0.187. The molecular formula is C26H24N8O. The Hall–Kier alpha value is -4.29. The van der Waals surface area contributed by atoms with E-state index in [0.717, 1.165) is 32.4 Å². The molecule has 6 rings (SSSR count). The van der Waals surface area contributed by atoms with Crippen LogP contribution in [0.4, 0.5) is 5.95 Å². The Morgan fingerprint density at radius 1 is 1.23 bits per heavy atom. The fraction of sp³-hybridized carbons (Fsp3) is 0.269. The van der Waals surface area contributed by atoms with Crippen molar-refractivity contribution in [3.63, 3.8) is 0 Å². The Morgan fingerprint density at radius 2 is 2.03 bits per heavy atom. The second kappa shape index (κ2) is 7.89. The molecule has 0 unspecified atom stereocenters. The van der Waals surface area contributed by atoms with Gasteiger partial charge in [0.25, 0.3) is 5.56 Å². The van der Waals surface area contributed by atoms with E-state index in [-0.39, 0.29) is 17.0 Å². The van der Waals surface area contributed by atoms with Crippen LogP contribution in [0.25, 0.3) is 16.6 Å². The summed E-state index contributed by atoms with van der Waals surface area (Å²) in [7, 11) is 0. The van der Waals surface area contributed by atoms with E-state index in [2.05, 4.69) is 60.9 Å². The van der Waals surface area contributed by atoms with Crippen LogP contribution in [0, 0.1) is 16.7 Å². The van der Waals surface area contributed by atoms with Crippen molar-refractivity contribution in [1.29, 1.82) is 5.26 Å². The number of benzene rings is 1. The van der Waals surface area contributed by atoms with Gasteiger partial charge in [-0.3, -0.25) is 14.9 Å². The molecule has 4 aromatic rings. The van der Waals surface area contributed by atoms with Crippen molar-refractivity contribution in [2.45, 2.75) is 25.3 Å². The van der Waals surface area contributed by atoms with Crippen LogP contribution in [0.5, 0.6) is 0 Å². The van der Waals surface area contributed by atoms with E-state index in [4.69, 9.17) is 11.0 Å². The summed E-state index contributed by atoms with van der Waals surface area (Å²) in [4.78, 5) is 26.9. The van der Waals surface area contributed by atoms with Gasteiger partial charge in [-0.25, -0.2) is 4.98 Å². The highest BCUT2D eigenvalue weighted by Crippen LogP contribution is 2.50. The number of fused-ring (bicyclic) bond motifs is 2. The molecule has 4 N–H and O–H groups in total. The molecular weight excluding hydrogens is 440 g/mol. The Bertz CT molecular complexity index is 1550. The molecule has 4 heterocycles. The monoisotopic (exact) mass is 464 g/mol. The van der Waals surface area contributed by atoms with E-state index < -0.39 is 0 Å². The van der Waals surface area contributed by atoms with Gasteiger partial charge in [-0.05, 0) is 47.9 Å². The average molecular weight is 465 g/mol. The van der Waals surface area contributed by atoms with Gasteiger partial charge in [0.2, 0.25) is 5.95 Å². The minimum absolute atomic E-state index is 0.0354. The van der Waals surface area contributed by atoms with Crippen LogP contribution in [0.3, 0.4) is 0 Å². The second-order valence-corrected chi connectivity index (χ2v) is 9.41. The lowest BCUT2D eigenvalue weighted by atomic mass is 9.73. The molecule has 0 radical (unpaired) electrons. The maximum atomic E-state index is 13.1. The standard InChI is InChI=1S/C26H24N8O/c1-15(17-6-7-18(13-27)29-14-17)21-20-23(33-32-21)30-25(31-24(20)35)34-10-8-26(9-11-34)12-16-4-2-3-5-19(16)22(26)28/h2-7,14,22H,1,8-12,28H2,(H2,30,31,32,33,35)/t22-/m1/s1. The minimum atomic E-state index is -0.276. The van der Waals surface area contributed by atoms with Crippen molar-refractivity contribution >= 4 is 22.6 Å². The van der Waals surface area contributed by atoms with E-state index in [1.807, 2.05) is 6.07 Å². The summed E-state index contributed by atoms with van der Waals surface area (Å²) in [5.41, 5.74) is 11.4. The quantitative estimate of drug-likeness (QED) is 0.423. The molecule has 0 saturated carbocycles. The summed E-state index contributed by atoms with van der Waals surface area (Å²) in [5.74, 6) is 0.530. The van der Waals surface area contributed by atoms with Gasteiger partial charge < -0.3 is 10.6 Å². The highest BCUT2D eigenvalue weighted by molar-refractivity contribution is 5.92. The third kappa shape index (κ3) is 3.33. The van der Waals surface area contributed by atoms with Crippen LogP contribution in [-0.4, -0.2) is 38.2 Å². The summed E-state index contributed by atoms with van der Waals surface area (Å²) in [5, 5.41) is 16.5. The summed E-state index contributed by atoms with van der Waals surface area (Å²) >= 11 is 0. The molecule has 1 aliphatic carbocycles. The zero-order chi connectivity index (χ0) is 24.2. The van der Waals surface area contributed by atoms with Crippen LogP contribution < -0.4 is 16.2 Å². The number of nitriles is 1. The first-order valence-electron chi connectivity index (χ1n) is 11.6. The number of aromatic nitrogens is 5. The van der Waals surface area contributed by atoms with E-state index in [9.17, 15) is 4.79 Å². The van der Waals surface area contributed by atoms with Crippen molar-refractivity contribution in [3.05, 3.63) is 87.6 Å². The van der Waals surface area contributed by atoms with Crippen molar-refractivity contribution in [2.24, 2.45) is 11.1 Å². The maximum Gasteiger partial charge on any atom is 0.264 e. The largest absolute Gasteiger partial charge is 0.342 e. The average Bonchev–Trinajstić information content (AvgIpc) is 3.44. The van der Waals surface area contributed by atoms with Gasteiger partial charge in [0.1, 0.15) is 22.8 Å². The van der Waals surface area contributed by atoms with E-state index in [0.29, 0.717) is 39.5 Å². The van der Waals surface area contributed by atoms with Gasteiger partial charge in [0.05, 0.1) is 0 Å². The number of H-pyrrole nitrogens is 2. The number of nitrogens with one attached hydrogen (secondary N) is 2. The Balaban J connectivity index is 1.25. The van der Waals surface area contributed by atoms with Crippen molar-refractivity contribution < 1.29 is 0 Å². The molecule has 0 bridgehead atoms. The Morgan fingerprint density at radius 3 is 2.74 bits per heavy atom.